The number of likely N-dealkylation sites (tertiary alicyclic amines) is 1. The SMILES string of the molecule is Cl.O=C(C1CCNC1)N1CCC(C(=O)N(Cc2ccccc2)C2CC2)CC1. The molecular formula is C21H30ClN3O2. The van der Waals surface area contributed by atoms with Crippen LogP contribution in [0.1, 0.15) is 37.7 Å². The van der Waals surface area contributed by atoms with Crippen LogP contribution in [-0.4, -0.2) is 53.8 Å². The number of nitrogens with zero attached hydrogens (tertiary/aromatic N) is 2. The first-order valence-electron chi connectivity index (χ1n) is 10.1. The van der Waals surface area contributed by atoms with E-state index in [1.165, 1.54) is 5.56 Å². The van der Waals surface area contributed by atoms with Gasteiger partial charge < -0.3 is 15.1 Å². The molecule has 2 heterocycles. The third kappa shape index (κ3) is 4.82. The average Bonchev–Trinajstić information content (AvgIpc) is 3.39. The highest BCUT2D eigenvalue weighted by molar-refractivity contribution is 5.85. The van der Waals surface area contributed by atoms with E-state index in [2.05, 4.69) is 22.3 Å². The molecule has 148 valence electrons. The molecule has 1 aliphatic carbocycles. The minimum absolute atomic E-state index is 0. The maximum absolute atomic E-state index is 13.1. The average molecular weight is 392 g/mol. The van der Waals surface area contributed by atoms with Crippen molar-refractivity contribution in [3.8, 4) is 0 Å². The lowest BCUT2D eigenvalue weighted by atomic mass is 9.93. The van der Waals surface area contributed by atoms with E-state index in [-0.39, 0.29) is 30.2 Å². The number of halogens is 1. The lowest BCUT2D eigenvalue weighted by Gasteiger charge is -2.35. The molecule has 0 aromatic heterocycles. The van der Waals surface area contributed by atoms with Crippen LogP contribution in [0.5, 0.6) is 0 Å². The summed E-state index contributed by atoms with van der Waals surface area (Å²) in [6.45, 7) is 3.94. The van der Waals surface area contributed by atoms with Crippen molar-refractivity contribution in [3.05, 3.63) is 35.9 Å². The molecule has 0 spiro atoms. The molecule has 1 N–H and O–H groups in total. The topological polar surface area (TPSA) is 52.7 Å². The Morgan fingerprint density at radius 3 is 2.30 bits per heavy atom. The third-order valence-corrected chi connectivity index (χ3v) is 6.03. The van der Waals surface area contributed by atoms with E-state index >= 15 is 0 Å². The van der Waals surface area contributed by atoms with E-state index in [4.69, 9.17) is 0 Å². The summed E-state index contributed by atoms with van der Waals surface area (Å²) in [7, 11) is 0. The van der Waals surface area contributed by atoms with Crippen molar-refractivity contribution in [2.75, 3.05) is 26.2 Å². The highest BCUT2D eigenvalue weighted by Crippen LogP contribution is 2.32. The first-order chi connectivity index (χ1) is 12.7. The summed E-state index contributed by atoms with van der Waals surface area (Å²) in [6, 6.07) is 10.7. The summed E-state index contributed by atoms with van der Waals surface area (Å²) in [4.78, 5) is 29.8. The predicted octanol–water partition coefficient (Wildman–Crippen LogP) is 2.45. The quantitative estimate of drug-likeness (QED) is 0.838. The Hall–Kier alpha value is -1.59. The van der Waals surface area contributed by atoms with E-state index in [1.807, 2.05) is 23.1 Å². The monoisotopic (exact) mass is 391 g/mol. The number of hydrogen-bond donors (Lipinski definition) is 1. The highest BCUT2D eigenvalue weighted by atomic mass is 35.5. The zero-order valence-electron chi connectivity index (χ0n) is 15.8. The van der Waals surface area contributed by atoms with Gasteiger partial charge in [0.05, 0.1) is 5.92 Å². The summed E-state index contributed by atoms with van der Waals surface area (Å²) in [5.74, 6) is 0.795. The lowest BCUT2D eigenvalue weighted by Crippen LogP contribution is -2.46. The van der Waals surface area contributed by atoms with Gasteiger partial charge in [-0.3, -0.25) is 9.59 Å². The Morgan fingerprint density at radius 1 is 1.00 bits per heavy atom. The molecule has 3 fully saturated rings. The summed E-state index contributed by atoms with van der Waals surface area (Å²) in [5.41, 5.74) is 1.20. The van der Waals surface area contributed by atoms with E-state index in [0.717, 1.165) is 64.8 Å². The molecule has 1 atom stereocenters. The molecule has 2 amide bonds. The molecule has 1 aromatic rings. The van der Waals surface area contributed by atoms with Gasteiger partial charge in [0.2, 0.25) is 11.8 Å². The van der Waals surface area contributed by atoms with Crippen LogP contribution in [0.3, 0.4) is 0 Å². The number of carbonyl (C=O) groups is 2. The second-order valence-corrected chi connectivity index (χ2v) is 7.97. The zero-order chi connectivity index (χ0) is 17.9. The predicted molar refractivity (Wildman–Crippen MR) is 108 cm³/mol. The molecule has 2 saturated heterocycles. The molecule has 0 radical (unpaired) electrons. The molecule has 3 aliphatic rings. The first-order valence-corrected chi connectivity index (χ1v) is 10.1. The summed E-state index contributed by atoms with van der Waals surface area (Å²) < 4.78 is 0. The van der Waals surface area contributed by atoms with Crippen LogP contribution in [0.2, 0.25) is 0 Å². The number of piperidine rings is 1. The molecule has 4 rings (SSSR count). The van der Waals surface area contributed by atoms with E-state index < -0.39 is 0 Å². The van der Waals surface area contributed by atoms with Crippen LogP contribution in [-0.2, 0) is 16.1 Å². The molecule has 1 unspecified atom stereocenters. The first kappa shape index (κ1) is 20.2. The van der Waals surface area contributed by atoms with Crippen molar-refractivity contribution in [1.29, 1.82) is 0 Å². The Kier molecular flexibility index (Phi) is 6.77. The minimum atomic E-state index is 0. The molecule has 27 heavy (non-hydrogen) atoms. The van der Waals surface area contributed by atoms with Crippen molar-refractivity contribution < 1.29 is 9.59 Å². The second kappa shape index (κ2) is 9.07. The number of benzene rings is 1. The van der Waals surface area contributed by atoms with Gasteiger partial charge in [0.1, 0.15) is 0 Å². The normalized spacial score (nSPS) is 23.0. The van der Waals surface area contributed by atoms with Crippen molar-refractivity contribution in [3.63, 3.8) is 0 Å². The van der Waals surface area contributed by atoms with Crippen molar-refractivity contribution in [2.24, 2.45) is 11.8 Å². The fourth-order valence-electron chi connectivity index (χ4n) is 4.26. The van der Waals surface area contributed by atoms with Crippen molar-refractivity contribution in [1.82, 2.24) is 15.1 Å². The number of amides is 2. The molecular weight excluding hydrogens is 362 g/mol. The maximum Gasteiger partial charge on any atom is 0.227 e. The Bertz CT molecular complexity index is 636. The largest absolute Gasteiger partial charge is 0.342 e. The van der Waals surface area contributed by atoms with Crippen LogP contribution < -0.4 is 5.32 Å². The molecule has 1 aromatic carbocycles. The van der Waals surface area contributed by atoms with Gasteiger partial charge in [-0.25, -0.2) is 0 Å². The maximum atomic E-state index is 13.1. The molecule has 2 aliphatic heterocycles. The smallest absolute Gasteiger partial charge is 0.227 e. The zero-order valence-corrected chi connectivity index (χ0v) is 16.6. The lowest BCUT2D eigenvalue weighted by molar-refractivity contribution is -0.143. The van der Waals surface area contributed by atoms with Gasteiger partial charge in [-0.2, -0.15) is 0 Å². The number of hydrogen-bond acceptors (Lipinski definition) is 3. The van der Waals surface area contributed by atoms with E-state index in [1.54, 1.807) is 0 Å². The van der Waals surface area contributed by atoms with E-state index in [9.17, 15) is 9.59 Å². The van der Waals surface area contributed by atoms with Gasteiger partial charge in [-0.15, -0.1) is 12.4 Å². The molecule has 5 nitrogen and oxygen atoms in total. The molecule has 1 saturated carbocycles. The summed E-state index contributed by atoms with van der Waals surface area (Å²) in [5, 5.41) is 3.27. The Morgan fingerprint density at radius 2 is 1.70 bits per heavy atom. The third-order valence-electron chi connectivity index (χ3n) is 6.03. The Balaban J connectivity index is 0.00000210. The van der Waals surface area contributed by atoms with Crippen LogP contribution in [0, 0.1) is 11.8 Å². The van der Waals surface area contributed by atoms with Gasteiger partial charge in [0.25, 0.3) is 0 Å². The van der Waals surface area contributed by atoms with E-state index in [0.29, 0.717) is 11.9 Å². The van der Waals surface area contributed by atoms with Crippen LogP contribution in [0.15, 0.2) is 30.3 Å². The highest BCUT2D eigenvalue weighted by Gasteiger charge is 2.38. The van der Waals surface area contributed by atoms with Crippen LogP contribution in [0.4, 0.5) is 0 Å². The fraction of sp³-hybridized carbons (Fsp3) is 0.619. The Labute approximate surface area is 167 Å². The fourth-order valence-corrected chi connectivity index (χ4v) is 4.26. The van der Waals surface area contributed by atoms with Crippen LogP contribution >= 0.6 is 12.4 Å². The summed E-state index contributed by atoms with van der Waals surface area (Å²) in [6.07, 6.45) is 4.82. The summed E-state index contributed by atoms with van der Waals surface area (Å²) >= 11 is 0. The standard InChI is InChI=1S/C21H29N3O2.ClH/c25-20(18-8-11-22-14-18)23-12-9-17(10-13-23)21(26)24(19-6-7-19)15-16-4-2-1-3-5-16;/h1-5,17-19,22H,6-15H2;1H. The number of rotatable bonds is 5. The van der Waals surface area contributed by atoms with Gasteiger partial charge in [0, 0.05) is 38.1 Å². The number of carbonyl (C=O) groups excluding carboxylic acids is 2. The molecule has 0 bridgehead atoms. The van der Waals surface area contributed by atoms with Crippen molar-refractivity contribution >= 4 is 24.2 Å². The van der Waals surface area contributed by atoms with Gasteiger partial charge in [-0.1, -0.05) is 30.3 Å². The van der Waals surface area contributed by atoms with Crippen molar-refractivity contribution in [2.45, 2.75) is 44.7 Å². The van der Waals surface area contributed by atoms with Gasteiger partial charge in [-0.05, 0) is 44.2 Å². The minimum Gasteiger partial charge on any atom is -0.342 e. The second-order valence-electron chi connectivity index (χ2n) is 7.97. The van der Waals surface area contributed by atoms with Crippen LogP contribution in [0.25, 0.3) is 0 Å². The van der Waals surface area contributed by atoms with Gasteiger partial charge in [0.15, 0.2) is 0 Å². The molecule has 6 heteroatoms. The number of nitrogens with one attached hydrogen (secondary N) is 1. The van der Waals surface area contributed by atoms with Gasteiger partial charge >= 0.3 is 0 Å².